The Morgan fingerprint density at radius 1 is 1.06 bits per heavy atom. The minimum absolute atomic E-state index is 0.174. The van der Waals surface area contributed by atoms with Gasteiger partial charge in [0.2, 0.25) is 0 Å². The van der Waals surface area contributed by atoms with Crippen LogP contribution in [-0.2, 0) is 0 Å². The molecule has 0 radical (unpaired) electrons. The Morgan fingerprint density at radius 2 is 1.67 bits per heavy atom. The maximum atomic E-state index is 12.8. The lowest BCUT2D eigenvalue weighted by Crippen LogP contribution is -1.83. The molecule has 2 aromatic carbocycles. The third-order valence-electron chi connectivity index (χ3n) is 2.48. The van der Waals surface area contributed by atoms with E-state index in [1.165, 1.54) is 12.1 Å². The first kappa shape index (κ1) is 11.9. The van der Waals surface area contributed by atoms with Gasteiger partial charge >= 0.3 is 0 Å². The van der Waals surface area contributed by atoms with Crippen LogP contribution >= 0.6 is 0 Å². The van der Waals surface area contributed by atoms with E-state index in [0.717, 1.165) is 5.56 Å². The van der Waals surface area contributed by atoms with Crippen LogP contribution in [0.1, 0.15) is 11.1 Å². The smallest absolute Gasteiger partial charge is 0.123 e. The summed E-state index contributed by atoms with van der Waals surface area (Å²) >= 11 is 0. The predicted molar refractivity (Wildman–Crippen MR) is 68.0 cm³/mol. The van der Waals surface area contributed by atoms with Gasteiger partial charge in [0.25, 0.3) is 0 Å². The van der Waals surface area contributed by atoms with Gasteiger partial charge in [0.15, 0.2) is 0 Å². The molecule has 0 fully saturated rings. The predicted octanol–water partition coefficient (Wildman–Crippen LogP) is 3.60. The Balaban J connectivity index is 2.37. The van der Waals surface area contributed by atoms with Crippen molar-refractivity contribution in [2.75, 3.05) is 0 Å². The molecule has 0 aromatic heterocycles. The second-order valence-electron chi connectivity index (χ2n) is 3.77. The molecule has 0 aliphatic carbocycles. The summed E-state index contributed by atoms with van der Waals surface area (Å²) in [5.74, 6) is -0.159. The number of phenols is 1. The molecule has 18 heavy (non-hydrogen) atoms. The lowest BCUT2D eigenvalue weighted by Gasteiger charge is -2.00. The largest absolute Gasteiger partial charge is 0.508 e. The number of phenolic OH excluding ortho intramolecular Hbond substituents is 1. The summed E-state index contributed by atoms with van der Waals surface area (Å²) in [6, 6.07) is 14.3. The standard InChI is InChI=1S/C15H10FNO/c16-14-5-3-12(4-6-14)13(10-17)9-11-1-7-15(18)8-2-11/h1-9,18H/b13-9-. The van der Waals surface area contributed by atoms with Crippen molar-refractivity contribution in [2.24, 2.45) is 0 Å². The molecule has 0 saturated carbocycles. The molecule has 2 aromatic rings. The molecule has 2 nitrogen and oxygen atoms in total. The number of rotatable bonds is 2. The Labute approximate surface area is 104 Å². The maximum absolute atomic E-state index is 12.8. The van der Waals surface area contributed by atoms with Gasteiger partial charge in [0, 0.05) is 0 Å². The minimum atomic E-state index is -0.333. The van der Waals surface area contributed by atoms with Gasteiger partial charge in [-0.05, 0) is 41.5 Å². The minimum Gasteiger partial charge on any atom is -0.508 e. The number of hydrogen-bond donors (Lipinski definition) is 1. The van der Waals surface area contributed by atoms with E-state index in [4.69, 9.17) is 10.4 Å². The summed E-state index contributed by atoms with van der Waals surface area (Å²) in [6.45, 7) is 0. The Kier molecular flexibility index (Phi) is 3.40. The lowest BCUT2D eigenvalue weighted by molar-refractivity contribution is 0.475. The van der Waals surface area contributed by atoms with Gasteiger partial charge in [-0.25, -0.2) is 4.39 Å². The SMILES string of the molecule is N#C/C(=C/c1ccc(O)cc1)c1ccc(F)cc1. The third-order valence-corrected chi connectivity index (χ3v) is 2.48. The molecular formula is C15H10FNO. The van der Waals surface area contributed by atoms with Crippen molar-refractivity contribution in [3.8, 4) is 11.8 Å². The highest BCUT2D eigenvalue weighted by molar-refractivity contribution is 5.89. The van der Waals surface area contributed by atoms with E-state index >= 15 is 0 Å². The van der Waals surface area contributed by atoms with Crippen LogP contribution in [0.2, 0.25) is 0 Å². The first-order chi connectivity index (χ1) is 8.69. The highest BCUT2D eigenvalue weighted by Gasteiger charge is 2.01. The zero-order valence-electron chi connectivity index (χ0n) is 9.47. The number of benzene rings is 2. The van der Waals surface area contributed by atoms with Gasteiger partial charge in [-0.1, -0.05) is 24.3 Å². The molecule has 1 N–H and O–H groups in total. The molecule has 0 atom stereocenters. The fourth-order valence-corrected chi connectivity index (χ4v) is 1.55. The monoisotopic (exact) mass is 239 g/mol. The van der Waals surface area contributed by atoms with Crippen molar-refractivity contribution < 1.29 is 9.50 Å². The molecule has 2 rings (SSSR count). The van der Waals surface area contributed by atoms with Crippen LogP contribution in [0.5, 0.6) is 5.75 Å². The van der Waals surface area contributed by atoms with E-state index < -0.39 is 0 Å². The second kappa shape index (κ2) is 5.15. The summed E-state index contributed by atoms with van der Waals surface area (Å²) in [4.78, 5) is 0. The van der Waals surface area contributed by atoms with Crippen molar-refractivity contribution in [1.29, 1.82) is 5.26 Å². The normalized spacial score (nSPS) is 11.0. The van der Waals surface area contributed by atoms with E-state index in [1.807, 2.05) is 0 Å². The number of hydrogen-bond acceptors (Lipinski definition) is 2. The van der Waals surface area contributed by atoms with Gasteiger partial charge in [-0.3, -0.25) is 0 Å². The summed E-state index contributed by atoms with van der Waals surface area (Å²) in [5, 5.41) is 18.3. The Morgan fingerprint density at radius 3 is 2.22 bits per heavy atom. The van der Waals surface area contributed by atoms with Crippen molar-refractivity contribution >= 4 is 11.6 Å². The van der Waals surface area contributed by atoms with Gasteiger partial charge in [-0.15, -0.1) is 0 Å². The molecule has 3 heteroatoms. The summed E-state index contributed by atoms with van der Waals surface area (Å²) in [5.41, 5.74) is 1.90. The van der Waals surface area contributed by atoms with Crippen molar-refractivity contribution in [3.63, 3.8) is 0 Å². The average Bonchev–Trinajstić information content (AvgIpc) is 2.39. The van der Waals surface area contributed by atoms with Gasteiger partial charge in [0.05, 0.1) is 11.6 Å². The first-order valence-electron chi connectivity index (χ1n) is 5.36. The highest BCUT2D eigenvalue weighted by Crippen LogP contribution is 2.19. The third kappa shape index (κ3) is 2.74. The van der Waals surface area contributed by atoms with Crippen LogP contribution in [0, 0.1) is 17.1 Å². The van der Waals surface area contributed by atoms with Gasteiger partial charge in [-0.2, -0.15) is 5.26 Å². The fourth-order valence-electron chi connectivity index (χ4n) is 1.55. The van der Waals surface area contributed by atoms with Crippen LogP contribution in [0.25, 0.3) is 11.6 Å². The van der Waals surface area contributed by atoms with Crippen LogP contribution in [0.4, 0.5) is 4.39 Å². The van der Waals surface area contributed by atoms with Gasteiger partial charge < -0.3 is 5.11 Å². The molecule has 0 saturated heterocycles. The van der Waals surface area contributed by atoms with Crippen molar-refractivity contribution in [2.45, 2.75) is 0 Å². The Hall–Kier alpha value is -2.60. The molecule has 88 valence electrons. The number of nitriles is 1. The highest BCUT2D eigenvalue weighted by atomic mass is 19.1. The molecule has 0 unspecified atom stereocenters. The average molecular weight is 239 g/mol. The molecule has 0 aliphatic rings. The number of allylic oxidation sites excluding steroid dienone is 1. The molecule has 0 bridgehead atoms. The van der Waals surface area contributed by atoms with E-state index in [2.05, 4.69) is 6.07 Å². The van der Waals surface area contributed by atoms with E-state index in [-0.39, 0.29) is 11.6 Å². The molecule has 0 aliphatic heterocycles. The molecule has 0 amide bonds. The lowest BCUT2D eigenvalue weighted by atomic mass is 10.0. The van der Waals surface area contributed by atoms with E-state index in [0.29, 0.717) is 11.1 Å². The first-order valence-corrected chi connectivity index (χ1v) is 5.36. The summed E-state index contributed by atoms with van der Waals surface area (Å²) in [7, 11) is 0. The van der Waals surface area contributed by atoms with Gasteiger partial charge in [0.1, 0.15) is 11.6 Å². The summed E-state index contributed by atoms with van der Waals surface area (Å²) in [6.07, 6.45) is 1.69. The maximum Gasteiger partial charge on any atom is 0.123 e. The van der Waals surface area contributed by atoms with Crippen molar-refractivity contribution in [3.05, 3.63) is 65.5 Å². The zero-order chi connectivity index (χ0) is 13.0. The zero-order valence-corrected chi connectivity index (χ0v) is 9.47. The topological polar surface area (TPSA) is 44.0 Å². The fraction of sp³-hybridized carbons (Fsp3) is 0. The number of nitrogens with zero attached hydrogens (tertiary/aromatic N) is 1. The summed E-state index contributed by atoms with van der Waals surface area (Å²) < 4.78 is 12.8. The second-order valence-corrected chi connectivity index (χ2v) is 3.77. The van der Waals surface area contributed by atoms with Crippen LogP contribution in [-0.4, -0.2) is 5.11 Å². The van der Waals surface area contributed by atoms with E-state index in [1.54, 1.807) is 42.5 Å². The van der Waals surface area contributed by atoms with Crippen LogP contribution in [0.3, 0.4) is 0 Å². The van der Waals surface area contributed by atoms with E-state index in [9.17, 15) is 4.39 Å². The molecular weight excluding hydrogens is 229 g/mol. The van der Waals surface area contributed by atoms with Crippen LogP contribution in [0.15, 0.2) is 48.5 Å². The number of halogens is 1. The Bertz CT molecular complexity index is 606. The quantitative estimate of drug-likeness (QED) is 0.642. The number of aromatic hydroxyl groups is 1. The molecule has 0 heterocycles. The molecule has 0 spiro atoms. The van der Waals surface area contributed by atoms with Crippen LogP contribution < -0.4 is 0 Å². The van der Waals surface area contributed by atoms with Crippen molar-refractivity contribution in [1.82, 2.24) is 0 Å².